The SMILES string of the molecule is COc1ccc(SCCCC(=O)Nc2nnc(-c3cccc(Br)c3)o2)cc1. The molecular formula is C19H18BrN3O3S. The molecular weight excluding hydrogens is 430 g/mol. The van der Waals surface area contributed by atoms with Gasteiger partial charge in [0.15, 0.2) is 0 Å². The lowest BCUT2D eigenvalue weighted by Gasteiger charge is -2.03. The Morgan fingerprint density at radius 1 is 1.22 bits per heavy atom. The third-order valence-corrected chi connectivity index (χ3v) is 5.21. The fourth-order valence-corrected chi connectivity index (χ4v) is 3.54. The van der Waals surface area contributed by atoms with E-state index in [9.17, 15) is 4.79 Å². The molecule has 0 fully saturated rings. The van der Waals surface area contributed by atoms with Crippen LogP contribution in [0.5, 0.6) is 5.75 Å². The zero-order chi connectivity index (χ0) is 19.1. The molecule has 8 heteroatoms. The number of methoxy groups -OCH3 is 1. The van der Waals surface area contributed by atoms with E-state index in [1.54, 1.807) is 18.9 Å². The van der Waals surface area contributed by atoms with E-state index in [4.69, 9.17) is 9.15 Å². The van der Waals surface area contributed by atoms with Crippen LogP contribution in [0.2, 0.25) is 0 Å². The van der Waals surface area contributed by atoms with Crippen LogP contribution in [0.25, 0.3) is 11.5 Å². The second kappa shape index (κ2) is 9.57. The zero-order valence-corrected chi connectivity index (χ0v) is 17.0. The van der Waals surface area contributed by atoms with E-state index in [0.29, 0.717) is 12.3 Å². The Labute approximate surface area is 169 Å². The number of hydrogen-bond donors (Lipinski definition) is 1. The van der Waals surface area contributed by atoms with Crippen LogP contribution in [0.15, 0.2) is 62.3 Å². The quantitative estimate of drug-likeness (QED) is 0.385. The van der Waals surface area contributed by atoms with Gasteiger partial charge in [-0.05, 0) is 54.6 Å². The summed E-state index contributed by atoms with van der Waals surface area (Å²) in [6.07, 6.45) is 1.13. The number of hydrogen-bond acceptors (Lipinski definition) is 6. The van der Waals surface area contributed by atoms with Crippen LogP contribution in [0.4, 0.5) is 6.01 Å². The van der Waals surface area contributed by atoms with Crippen molar-refractivity contribution in [2.75, 3.05) is 18.2 Å². The topological polar surface area (TPSA) is 77.2 Å². The number of ether oxygens (including phenoxy) is 1. The lowest BCUT2D eigenvalue weighted by molar-refractivity contribution is -0.116. The summed E-state index contributed by atoms with van der Waals surface area (Å²) in [6, 6.07) is 15.5. The largest absolute Gasteiger partial charge is 0.497 e. The zero-order valence-electron chi connectivity index (χ0n) is 14.6. The summed E-state index contributed by atoms with van der Waals surface area (Å²) in [4.78, 5) is 13.2. The Morgan fingerprint density at radius 2 is 2.04 bits per heavy atom. The summed E-state index contributed by atoms with van der Waals surface area (Å²) in [5, 5.41) is 10.5. The maximum atomic E-state index is 12.0. The predicted octanol–water partition coefficient (Wildman–Crippen LogP) is 5.02. The van der Waals surface area contributed by atoms with E-state index in [1.165, 1.54) is 0 Å². The fraction of sp³-hybridized carbons (Fsp3) is 0.211. The second-order valence-electron chi connectivity index (χ2n) is 5.60. The number of rotatable bonds is 8. The Morgan fingerprint density at radius 3 is 2.78 bits per heavy atom. The van der Waals surface area contributed by atoms with Gasteiger partial charge in [-0.3, -0.25) is 10.1 Å². The number of anilines is 1. The molecule has 0 aliphatic heterocycles. The molecule has 27 heavy (non-hydrogen) atoms. The monoisotopic (exact) mass is 447 g/mol. The molecule has 0 atom stereocenters. The molecule has 0 saturated carbocycles. The summed E-state index contributed by atoms with van der Waals surface area (Å²) in [6.45, 7) is 0. The van der Waals surface area contributed by atoms with E-state index in [2.05, 4.69) is 31.4 Å². The van der Waals surface area contributed by atoms with Gasteiger partial charge >= 0.3 is 6.01 Å². The molecule has 1 amide bonds. The minimum absolute atomic E-state index is 0.109. The van der Waals surface area contributed by atoms with Crippen LogP contribution < -0.4 is 10.1 Å². The number of benzene rings is 2. The highest BCUT2D eigenvalue weighted by atomic mass is 79.9. The normalized spacial score (nSPS) is 10.6. The van der Waals surface area contributed by atoms with Crippen molar-refractivity contribution < 1.29 is 13.9 Å². The average Bonchev–Trinajstić information content (AvgIpc) is 3.14. The first-order valence-corrected chi connectivity index (χ1v) is 10.1. The van der Waals surface area contributed by atoms with Crippen molar-refractivity contribution in [2.24, 2.45) is 0 Å². The van der Waals surface area contributed by atoms with Crippen LogP contribution >= 0.6 is 27.7 Å². The van der Waals surface area contributed by atoms with Crippen LogP contribution in [0, 0.1) is 0 Å². The first kappa shape index (κ1) is 19.4. The first-order chi connectivity index (χ1) is 13.1. The van der Waals surface area contributed by atoms with Gasteiger partial charge in [0.2, 0.25) is 11.8 Å². The predicted molar refractivity (Wildman–Crippen MR) is 109 cm³/mol. The first-order valence-electron chi connectivity index (χ1n) is 8.30. The number of nitrogens with zero attached hydrogens (tertiary/aromatic N) is 2. The molecule has 0 unspecified atom stereocenters. The molecule has 1 N–H and O–H groups in total. The van der Waals surface area contributed by atoms with E-state index < -0.39 is 0 Å². The molecule has 0 bridgehead atoms. The van der Waals surface area contributed by atoms with E-state index in [-0.39, 0.29) is 11.9 Å². The van der Waals surface area contributed by atoms with Gasteiger partial charge in [0.1, 0.15) is 5.75 Å². The maximum absolute atomic E-state index is 12.0. The Balaban J connectivity index is 1.43. The van der Waals surface area contributed by atoms with Crippen molar-refractivity contribution in [1.82, 2.24) is 10.2 Å². The molecule has 0 aliphatic rings. The molecule has 3 rings (SSSR count). The second-order valence-corrected chi connectivity index (χ2v) is 7.68. The van der Waals surface area contributed by atoms with Crippen molar-refractivity contribution in [3.8, 4) is 17.2 Å². The molecule has 0 radical (unpaired) electrons. The van der Waals surface area contributed by atoms with Gasteiger partial charge in [-0.15, -0.1) is 16.9 Å². The Bertz CT molecular complexity index is 899. The smallest absolute Gasteiger partial charge is 0.322 e. The molecule has 0 aliphatic carbocycles. The Kier molecular flexibility index (Phi) is 6.89. The summed E-state index contributed by atoms with van der Waals surface area (Å²) in [5.41, 5.74) is 0.785. The lowest BCUT2D eigenvalue weighted by Crippen LogP contribution is -2.11. The van der Waals surface area contributed by atoms with Gasteiger partial charge < -0.3 is 9.15 Å². The van der Waals surface area contributed by atoms with E-state index in [1.807, 2.05) is 48.5 Å². The van der Waals surface area contributed by atoms with E-state index in [0.717, 1.165) is 32.9 Å². The molecule has 0 saturated heterocycles. The van der Waals surface area contributed by atoms with Crippen molar-refractivity contribution in [1.29, 1.82) is 0 Å². The minimum atomic E-state index is -0.144. The number of carbonyl (C=O) groups is 1. The number of thioether (sulfide) groups is 1. The van der Waals surface area contributed by atoms with Crippen molar-refractivity contribution in [2.45, 2.75) is 17.7 Å². The number of amides is 1. The molecule has 3 aromatic rings. The van der Waals surface area contributed by atoms with E-state index >= 15 is 0 Å². The summed E-state index contributed by atoms with van der Waals surface area (Å²) < 4.78 is 11.5. The lowest BCUT2D eigenvalue weighted by atomic mass is 10.2. The standard InChI is InChI=1S/C19H18BrN3O3S/c1-25-15-7-9-16(10-8-15)27-11-3-6-17(24)21-19-23-22-18(26-19)13-4-2-5-14(20)12-13/h2,4-5,7-10,12H,3,6,11H2,1H3,(H,21,23,24). The van der Waals surface area contributed by atoms with Crippen molar-refractivity contribution >= 4 is 39.6 Å². The van der Waals surface area contributed by atoms with Crippen LogP contribution in [-0.4, -0.2) is 29.0 Å². The number of aromatic nitrogens is 2. The average molecular weight is 448 g/mol. The molecule has 1 heterocycles. The highest BCUT2D eigenvalue weighted by Gasteiger charge is 2.11. The summed E-state index contributed by atoms with van der Waals surface area (Å²) >= 11 is 5.10. The highest BCUT2D eigenvalue weighted by molar-refractivity contribution is 9.10. The summed E-state index contributed by atoms with van der Waals surface area (Å²) in [5.74, 6) is 1.89. The number of carbonyl (C=O) groups excluding carboxylic acids is 1. The van der Waals surface area contributed by atoms with Gasteiger partial charge in [0.05, 0.1) is 7.11 Å². The number of nitrogens with one attached hydrogen (secondary N) is 1. The summed E-state index contributed by atoms with van der Waals surface area (Å²) in [7, 11) is 1.64. The fourth-order valence-electron chi connectivity index (χ4n) is 2.29. The third-order valence-electron chi connectivity index (χ3n) is 3.62. The number of halogens is 1. The molecule has 6 nitrogen and oxygen atoms in total. The van der Waals surface area contributed by atoms with Crippen LogP contribution in [-0.2, 0) is 4.79 Å². The van der Waals surface area contributed by atoms with Gasteiger partial charge in [-0.25, -0.2) is 0 Å². The maximum Gasteiger partial charge on any atom is 0.322 e. The highest BCUT2D eigenvalue weighted by Crippen LogP contribution is 2.24. The van der Waals surface area contributed by atoms with Crippen molar-refractivity contribution in [3.05, 3.63) is 53.0 Å². The van der Waals surface area contributed by atoms with Crippen LogP contribution in [0.3, 0.4) is 0 Å². The molecule has 140 valence electrons. The Hall–Kier alpha value is -2.32. The molecule has 0 spiro atoms. The molecule has 1 aromatic heterocycles. The van der Waals surface area contributed by atoms with Crippen molar-refractivity contribution in [3.63, 3.8) is 0 Å². The molecule has 2 aromatic carbocycles. The van der Waals surface area contributed by atoms with Gasteiger partial charge in [0.25, 0.3) is 0 Å². The third kappa shape index (κ3) is 5.83. The van der Waals surface area contributed by atoms with Gasteiger partial charge in [-0.2, -0.15) is 0 Å². The minimum Gasteiger partial charge on any atom is -0.497 e. The van der Waals surface area contributed by atoms with Gasteiger partial charge in [0, 0.05) is 21.4 Å². The van der Waals surface area contributed by atoms with Gasteiger partial charge in [-0.1, -0.05) is 27.1 Å². The van der Waals surface area contributed by atoms with Crippen LogP contribution in [0.1, 0.15) is 12.8 Å².